The number of aryl methyl sites for hydroxylation is 1. The van der Waals surface area contributed by atoms with Gasteiger partial charge in [0.05, 0.1) is 10.6 Å². The first kappa shape index (κ1) is 20.6. The maximum atomic E-state index is 13.0. The van der Waals surface area contributed by atoms with Crippen LogP contribution in [0.15, 0.2) is 59.5 Å². The molecule has 1 aliphatic heterocycles. The second-order valence-corrected chi connectivity index (χ2v) is 9.94. The van der Waals surface area contributed by atoms with Crippen molar-refractivity contribution in [3.05, 3.63) is 65.7 Å². The Morgan fingerprint density at radius 2 is 1.72 bits per heavy atom. The SMILES string of the molecule is O=C1CCCc2ccc(S(=O)(=O)Nc3cccc(-c4ccc(N5CCCC5)nn4)c3)cc21. The van der Waals surface area contributed by atoms with Gasteiger partial charge in [-0.1, -0.05) is 18.2 Å². The lowest BCUT2D eigenvalue weighted by atomic mass is 9.91. The lowest BCUT2D eigenvalue weighted by Gasteiger charge is -2.16. The lowest BCUT2D eigenvalue weighted by Crippen LogP contribution is -2.19. The van der Waals surface area contributed by atoms with Crippen LogP contribution in [0.5, 0.6) is 0 Å². The molecule has 1 N–H and O–H groups in total. The number of ketones is 1. The van der Waals surface area contributed by atoms with E-state index in [1.165, 1.54) is 18.9 Å². The van der Waals surface area contributed by atoms with Crippen LogP contribution in [-0.2, 0) is 16.4 Å². The van der Waals surface area contributed by atoms with Gasteiger partial charge in [-0.3, -0.25) is 9.52 Å². The van der Waals surface area contributed by atoms with Gasteiger partial charge in [0.15, 0.2) is 11.6 Å². The van der Waals surface area contributed by atoms with E-state index in [0.717, 1.165) is 42.9 Å². The van der Waals surface area contributed by atoms with Gasteiger partial charge in [0, 0.05) is 36.3 Å². The Labute approximate surface area is 187 Å². The first-order chi connectivity index (χ1) is 15.5. The summed E-state index contributed by atoms with van der Waals surface area (Å²) in [5.41, 5.74) is 3.30. The topological polar surface area (TPSA) is 92.3 Å². The van der Waals surface area contributed by atoms with Gasteiger partial charge in [0.2, 0.25) is 0 Å². The first-order valence-electron chi connectivity index (χ1n) is 10.9. The summed E-state index contributed by atoms with van der Waals surface area (Å²) in [6.45, 7) is 2.00. The van der Waals surface area contributed by atoms with Gasteiger partial charge in [-0.25, -0.2) is 8.42 Å². The number of sulfonamides is 1. The fraction of sp³-hybridized carbons (Fsp3) is 0.292. The number of nitrogens with one attached hydrogen (secondary N) is 1. The molecule has 2 aromatic carbocycles. The van der Waals surface area contributed by atoms with E-state index < -0.39 is 10.0 Å². The molecule has 0 unspecified atom stereocenters. The molecule has 0 saturated carbocycles. The van der Waals surface area contributed by atoms with Gasteiger partial charge in [0.25, 0.3) is 10.0 Å². The summed E-state index contributed by atoms with van der Waals surface area (Å²) in [4.78, 5) is 14.5. The van der Waals surface area contributed by atoms with Crippen molar-refractivity contribution in [1.82, 2.24) is 10.2 Å². The van der Waals surface area contributed by atoms with E-state index in [1.54, 1.807) is 30.3 Å². The number of benzene rings is 2. The fourth-order valence-electron chi connectivity index (χ4n) is 4.32. The number of hydrogen-bond acceptors (Lipinski definition) is 6. The molecule has 1 saturated heterocycles. The Bertz CT molecular complexity index is 1270. The van der Waals surface area contributed by atoms with Gasteiger partial charge in [-0.05, 0) is 67.6 Å². The Morgan fingerprint density at radius 1 is 0.875 bits per heavy atom. The average Bonchev–Trinajstić information content (AvgIpc) is 3.34. The van der Waals surface area contributed by atoms with E-state index in [-0.39, 0.29) is 10.7 Å². The van der Waals surface area contributed by atoms with Crippen LogP contribution in [-0.4, -0.2) is 37.5 Å². The highest BCUT2D eigenvalue weighted by Crippen LogP contribution is 2.27. The van der Waals surface area contributed by atoms with Crippen molar-refractivity contribution in [3.8, 4) is 11.3 Å². The van der Waals surface area contributed by atoms with E-state index in [4.69, 9.17) is 0 Å². The molecule has 0 amide bonds. The number of Topliss-reactive ketones (excluding diaryl/α,β-unsaturated/α-hetero) is 1. The molecule has 0 bridgehead atoms. The molecule has 8 heteroatoms. The summed E-state index contributed by atoms with van der Waals surface area (Å²) in [5, 5.41) is 8.68. The molecule has 164 valence electrons. The van der Waals surface area contributed by atoms with Crippen LogP contribution in [0.2, 0.25) is 0 Å². The molecule has 7 nitrogen and oxygen atoms in total. The second kappa shape index (κ2) is 8.35. The molecule has 5 rings (SSSR count). The Morgan fingerprint density at radius 3 is 2.50 bits per heavy atom. The molecule has 3 aromatic rings. The third kappa shape index (κ3) is 4.10. The fourth-order valence-corrected chi connectivity index (χ4v) is 5.40. The summed E-state index contributed by atoms with van der Waals surface area (Å²) in [5.74, 6) is 0.867. The molecule has 1 fully saturated rings. The van der Waals surface area contributed by atoms with Crippen LogP contribution >= 0.6 is 0 Å². The number of rotatable bonds is 5. The molecule has 2 heterocycles. The van der Waals surface area contributed by atoms with Gasteiger partial charge in [0.1, 0.15) is 0 Å². The van der Waals surface area contributed by atoms with Crippen LogP contribution < -0.4 is 9.62 Å². The number of fused-ring (bicyclic) bond motifs is 1. The number of carbonyl (C=O) groups excluding carboxylic acids is 1. The van der Waals surface area contributed by atoms with Crippen LogP contribution in [0.1, 0.15) is 41.6 Å². The number of aromatic nitrogens is 2. The maximum Gasteiger partial charge on any atom is 0.261 e. The predicted octanol–water partition coefficient (Wildman–Crippen LogP) is 4.06. The number of nitrogens with zero attached hydrogens (tertiary/aromatic N) is 3. The minimum atomic E-state index is -3.83. The molecular formula is C24H24N4O3S. The van der Waals surface area contributed by atoms with Gasteiger partial charge >= 0.3 is 0 Å². The Kier molecular flexibility index (Phi) is 5.38. The Balaban J connectivity index is 1.38. The van der Waals surface area contributed by atoms with Crippen LogP contribution in [0.4, 0.5) is 11.5 Å². The second-order valence-electron chi connectivity index (χ2n) is 8.25. The van der Waals surface area contributed by atoms with Crippen molar-refractivity contribution in [1.29, 1.82) is 0 Å². The molecule has 1 aromatic heterocycles. The minimum Gasteiger partial charge on any atom is -0.355 e. The third-order valence-corrected chi connectivity index (χ3v) is 7.41. The molecular weight excluding hydrogens is 424 g/mol. The largest absolute Gasteiger partial charge is 0.355 e. The van der Waals surface area contributed by atoms with Crippen molar-refractivity contribution < 1.29 is 13.2 Å². The number of carbonyl (C=O) groups is 1. The van der Waals surface area contributed by atoms with E-state index in [0.29, 0.717) is 23.4 Å². The molecule has 1 aliphatic carbocycles. The monoisotopic (exact) mass is 448 g/mol. The average molecular weight is 449 g/mol. The van der Waals surface area contributed by atoms with Crippen molar-refractivity contribution in [2.24, 2.45) is 0 Å². The number of hydrogen-bond donors (Lipinski definition) is 1. The summed E-state index contributed by atoms with van der Waals surface area (Å²) in [6.07, 6.45) is 4.41. The first-order valence-corrected chi connectivity index (χ1v) is 12.4. The zero-order chi connectivity index (χ0) is 22.1. The van der Waals surface area contributed by atoms with Crippen LogP contribution in [0, 0.1) is 0 Å². The summed E-state index contributed by atoms with van der Waals surface area (Å²) >= 11 is 0. The van der Waals surface area contributed by atoms with E-state index in [2.05, 4.69) is 19.8 Å². The smallest absolute Gasteiger partial charge is 0.261 e. The van der Waals surface area contributed by atoms with Crippen molar-refractivity contribution in [2.45, 2.75) is 37.0 Å². The van der Waals surface area contributed by atoms with Crippen LogP contribution in [0.25, 0.3) is 11.3 Å². The third-order valence-electron chi connectivity index (χ3n) is 6.03. The predicted molar refractivity (Wildman–Crippen MR) is 123 cm³/mol. The highest BCUT2D eigenvalue weighted by Gasteiger charge is 2.22. The van der Waals surface area contributed by atoms with Crippen molar-refractivity contribution in [3.63, 3.8) is 0 Å². The highest BCUT2D eigenvalue weighted by molar-refractivity contribution is 7.92. The molecule has 0 atom stereocenters. The van der Waals surface area contributed by atoms with Crippen molar-refractivity contribution >= 4 is 27.3 Å². The van der Waals surface area contributed by atoms with Gasteiger partial charge < -0.3 is 4.90 Å². The van der Waals surface area contributed by atoms with Gasteiger partial charge in [-0.2, -0.15) is 0 Å². The molecule has 32 heavy (non-hydrogen) atoms. The standard InChI is InChI=1S/C24H24N4O3S/c29-23-8-4-5-17-9-10-20(16-21(17)23)32(30,31)27-19-7-3-6-18(15-19)22-11-12-24(26-25-22)28-13-1-2-14-28/h3,6-7,9-12,15-16,27H,1-2,4-5,8,13-14H2. The molecule has 2 aliphatic rings. The highest BCUT2D eigenvalue weighted by atomic mass is 32.2. The summed E-state index contributed by atoms with van der Waals surface area (Å²) in [6, 6.07) is 15.7. The van der Waals surface area contributed by atoms with E-state index in [1.807, 2.05) is 18.2 Å². The summed E-state index contributed by atoms with van der Waals surface area (Å²) in [7, 11) is -3.83. The summed E-state index contributed by atoms with van der Waals surface area (Å²) < 4.78 is 28.6. The normalized spacial score (nSPS) is 16.1. The Hall–Kier alpha value is -3.26. The quantitative estimate of drug-likeness (QED) is 0.633. The van der Waals surface area contributed by atoms with Crippen molar-refractivity contribution in [2.75, 3.05) is 22.7 Å². The van der Waals surface area contributed by atoms with E-state index in [9.17, 15) is 13.2 Å². The maximum absolute atomic E-state index is 13.0. The zero-order valence-corrected chi connectivity index (χ0v) is 18.4. The van der Waals surface area contributed by atoms with Gasteiger partial charge in [-0.15, -0.1) is 10.2 Å². The molecule has 0 radical (unpaired) electrons. The zero-order valence-electron chi connectivity index (χ0n) is 17.6. The van der Waals surface area contributed by atoms with Crippen LogP contribution in [0.3, 0.4) is 0 Å². The van der Waals surface area contributed by atoms with E-state index >= 15 is 0 Å². The minimum absolute atomic E-state index is 0.00116. The molecule has 0 spiro atoms. The lowest BCUT2D eigenvalue weighted by molar-refractivity contribution is 0.0972. The number of anilines is 2.